The van der Waals surface area contributed by atoms with Gasteiger partial charge in [0.1, 0.15) is 0 Å². The molecule has 1 N–H and O–H groups in total. The average Bonchev–Trinajstić information content (AvgIpc) is 2.47. The normalized spacial score (nSPS) is 35.3. The minimum absolute atomic E-state index is 0.765. The summed E-state index contributed by atoms with van der Waals surface area (Å²) in [5.41, 5.74) is 0. The summed E-state index contributed by atoms with van der Waals surface area (Å²) in [6.45, 7) is 9.82. The van der Waals surface area contributed by atoms with Crippen molar-refractivity contribution in [3.8, 4) is 0 Å². The predicted molar refractivity (Wildman–Crippen MR) is 91.7 cm³/mol. The second-order valence-corrected chi connectivity index (χ2v) is 7.76. The summed E-state index contributed by atoms with van der Waals surface area (Å²) in [6, 6.07) is 1.53. The molecule has 0 aromatic rings. The molecule has 124 valence electrons. The van der Waals surface area contributed by atoms with Crippen LogP contribution in [0.25, 0.3) is 0 Å². The number of nitrogens with zero attached hydrogens (tertiary/aromatic N) is 2. The van der Waals surface area contributed by atoms with Crippen LogP contribution < -0.4 is 5.32 Å². The fraction of sp³-hybridized carbons (Fsp3) is 1.00. The fourth-order valence-electron chi connectivity index (χ4n) is 4.25. The quantitative estimate of drug-likeness (QED) is 0.813. The van der Waals surface area contributed by atoms with Gasteiger partial charge in [0.05, 0.1) is 0 Å². The molecule has 0 spiro atoms. The Bertz CT molecular complexity index is 290. The van der Waals surface area contributed by atoms with E-state index in [-0.39, 0.29) is 0 Å². The van der Waals surface area contributed by atoms with Crippen LogP contribution in [0.1, 0.15) is 52.4 Å². The molecule has 2 rings (SSSR count). The van der Waals surface area contributed by atoms with Gasteiger partial charge >= 0.3 is 0 Å². The standard InChI is InChI=1S/C18H37N3/c1-5-10-19-18-9-8-15(2)12-16(18)13-21-11-6-7-17(14-21)20(3)4/h15-19H,5-14H2,1-4H3. The molecule has 4 unspecified atom stereocenters. The lowest BCUT2D eigenvalue weighted by atomic mass is 9.78. The first-order valence-electron chi connectivity index (χ1n) is 9.22. The lowest BCUT2D eigenvalue weighted by molar-refractivity contribution is 0.0907. The largest absolute Gasteiger partial charge is 0.314 e. The minimum atomic E-state index is 0.765. The molecule has 4 atom stereocenters. The molecule has 1 aliphatic heterocycles. The van der Waals surface area contributed by atoms with Crippen LogP contribution in [0.5, 0.6) is 0 Å². The van der Waals surface area contributed by atoms with Crippen LogP contribution in [0.2, 0.25) is 0 Å². The first-order valence-corrected chi connectivity index (χ1v) is 9.22. The molecule has 21 heavy (non-hydrogen) atoms. The van der Waals surface area contributed by atoms with E-state index in [9.17, 15) is 0 Å². The van der Waals surface area contributed by atoms with Crippen LogP contribution >= 0.6 is 0 Å². The Labute approximate surface area is 132 Å². The van der Waals surface area contributed by atoms with Crippen molar-refractivity contribution in [2.75, 3.05) is 40.3 Å². The van der Waals surface area contributed by atoms with Crippen molar-refractivity contribution >= 4 is 0 Å². The topological polar surface area (TPSA) is 18.5 Å². The summed E-state index contributed by atoms with van der Waals surface area (Å²) >= 11 is 0. The van der Waals surface area contributed by atoms with E-state index in [4.69, 9.17) is 0 Å². The average molecular weight is 296 g/mol. The Hall–Kier alpha value is -0.120. The Morgan fingerprint density at radius 3 is 2.71 bits per heavy atom. The number of likely N-dealkylation sites (tertiary alicyclic amines) is 1. The summed E-state index contributed by atoms with van der Waals surface area (Å²) in [5, 5.41) is 3.83. The van der Waals surface area contributed by atoms with Crippen LogP contribution in [0.4, 0.5) is 0 Å². The molecule has 0 bridgehead atoms. The lowest BCUT2D eigenvalue weighted by Crippen LogP contribution is -2.50. The maximum Gasteiger partial charge on any atom is 0.0217 e. The van der Waals surface area contributed by atoms with E-state index in [0.29, 0.717) is 0 Å². The summed E-state index contributed by atoms with van der Waals surface area (Å²) in [7, 11) is 4.48. The number of piperidine rings is 1. The highest BCUT2D eigenvalue weighted by atomic mass is 15.2. The van der Waals surface area contributed by atoms with Gasteiger partial charge in [-0.25, -0.2) is 0 Å². The molecule has 0 amide bonds. The highest BCUT2D eigenvalue weighted by Crippen LogP contribution is 2.30. The predicted octanol–water partition coefficient (Wildman–Crippen LogP) is 2.82. The molecule has 1 aliphatic carbocycles. The summed E-state index contributed by atoms with van der Waals surface area (Å²) in [6.07, 6.45) is 8.23. The second-order valence-electron chi connectivity index (χ2n) is 7.76. The Morgan fingerprint density at radius 2 is 2.00 bits per heavy atom. The van der Waals surface area contributed by atoms with Gasteiger partial charge in [0.15, 0.2) is 0 Å². The van der Waals surface area contributed by atoms with E-state index < -0.39 is 0 Å². The van der Waals surface area contributed by atoms with Crippen LogP contribution in [-0.2, 0) is 0 Å². The van der Waals surface area contributed by atoms with Crippen LogP contribution in [0.3, 0.4) is 0 Å². The Morgan fingerprint density at radius 1 is 1.19 bits per heavy atom. The molecular formula is C18H37N3. The minimum Gasteiger partial charge on any atom is -0.314 e. The molecular weight excluding hydrogens is 258 g/mol. The van der Waals surface area contributed by atoms with Crippen LogP contribution in [0.15, 0.2) is 0 Å². The Balaban J connectivity index is 1.87. The van der Waals surface area contributed by atoms with Crippen LogP contribution in [0, 0.1) is 11.8 Å². The van der Waals surface area contributed by atoms with E-state index in [0.717, 1.165) is 23.9 Å². The van der Waals surface area contributed by atoms with Crippen molar-refractivity contribution in [3.63, 3.8) is 0 Å². The molecule has 0 aromatic carbocycles. The van der Waals surface area contributed by atoms with E-state index >= 15 is 0 Å². The number of likely N-dealkylation sites (N-methyl/N-ethyl adjacent to an activating group) is 1. The monoisotopic (exact) mass is 295 g/mol. The highest BCUT2D eigenvalue weighted by molar-refractivity contribution is 4.87. The fourth-order valence-corrected chi connectivity index (χ4v) is 4.25. The van der Waals surface area contributed by atoms with Gasteiger partial charge in [0.25, 0.3) is 0 Å². The smallest absolute Gasteiger partial charge is 0.0217 e. The number of nitrogens with one attached hydrogen (secondary N) is 1. The van der Waals surface area contributed by atoms with Crippen molar-refractivity contribution in [2.45, 2.75) is 64.5 Å². The molecule has 0 aromatic heterocycles. The number of hydrogen-bond acceptors (Lipinski definition) is 3. The zero-order valence-electron chi connectivity index (χ0n) is 14.8. The number of hydrogen-bond donors (Lipinski definition) is 1. The molecule has 2 fully saturated rings. The van der Waals surface area contributed by atoms with Crippen molar-refractivity contribution in [1.29, 1.82) is 0 Å². The van der Waals surface area contributed by atoms with Crippen LogP contribution in [-0.4, -0.2) is 62.2 Å². The third-order valence-corrected chi connectivity index (χ3v) is 5.60. The summed E-state index contributed by atoms with van der Waals surface area (Å²) in [4.78, 5) is 5.17. The molecule has 2 aliphatic rings. The second kappa shape index (κ2) is 8.50. The van der Waals surface area contributed by atoms with Gasteiger partial charge in [-0.15, -0.1) is 0 Å². The van der Waals surface area contributed by atoms with Gasteiger partial charge in [0.2, 0.25) is 0 Å². The molecule has 0 radical (unpaired) electrons. The van der Waals surface area contributed by atoms with E-state index in [2.05, 4.69) is 43.1 Å². The molecule has 1 saturated heterocycles. The van der Waals surface area contributed by atoms with E-state index in [1.54, 1.807) is 0 Å². The van der Waals surface area contributed by atoms with Gasteiger partial charge in [-0.2, -0.15) is 0 Å². The van der Waals surface area contributed by atoms with E-state index in [1.807, 2.05) is 0 Å². The van der Waals surface area contributed by atoms with Gasteiger partial charge in [-0.3, -0.25) is 0 Å². The molecule has 3 nitrogen and oxygen atoms in total. The third kappa shape index (κ3) is 5.22. The molecule has 1 heterocycles. The SMILES string of the molecule is CCCNC1CCC(C)CC1CN1CCCC(N(C)C)C1. The zero-order chi connectivity index (χ0) is 15.2. The van der Waals surface area contributed by atoms with Crippen molar-refractivity contribution in [1.82, 2.24) is 15.1 Å². The molecule has 3 heteroatoms. The van der Waals surface area contributed by atoms with Crippen molar-refractivity contribution in [3.05, 3.63) is 0 Å². The maximum atomic E-state index is 3.83. The highest BCUT2D eigenvalue weighted by Gasteiger charge is 2.31. The van der Waals surface area contributed by atoms with Gasteiger partial charge < -0.3 is 15.1 Å². The third-order valence-electron chi connectivity index (χ3n) is 5.60. The van der Waals surface area contributed by atoms with E-state index in [1.165, 1.54) is 64.7 Å². The molecule has 1 saturated carbocycles. The first-order chi connectivity index (χ1) is 10.1. The first kappa shape index (κ1) is 17.2. The maximum absolute atomic E-state index is 3.83. The Kier molecular flexibility index (Phi) is 6.97. The van der Waals surface area contributed by atoms with Gasteiger partial charge in [0, 0.05) is 25.2 Å². The van der Waals surface area contributed by atoms with Gasteiger partial charge in [-0.05, 0) is 77.5 Å². The van der Waals surface area contributed by atoms with Gasteiger partial charge in [-0.1, -0.05) is 13.8 Å². The van der Waals surface area contributed by atoms with Crippen molar-refractivity contribution < 1.29 is 0 Å². The summed E-state index contributed by atoms with van der Waals surface area (Å²) < 4.78 is 0. The lowest BCUT2D eigenvalue weighted by Gasteiger charge is -2.42. The van der Waals surface area contributed by atoms with Crippen molar-refractivity contribution in [2.24, 2.45) is 11.8 Å². The number of rotatable bonds is 6. The summed E-state index contributed by atoms with van der Waals surface area (Å²) in [5.74, 6) is 1.78. The zero-order valence-corrected chi connectivity index (χ0v) is 14.8.